The molecule has 170 valence electrons. The topological polar surface area (TPSA) is 83.1 Å². The second-order valence-electron chi connectivity index (χ2n) is 8.36. The van der Waals surface area contributed by atoms with Crippen molar-refractivity contribution in [3.05, 3.63) is 30.3 Å². The minimum Gasteiger partial charge on any atom is -0.486 e. The summed E-state index contributed by atoms with van der Waals surface area (Å²) in [6, 6.07) is 8.60. The van der Waals surface area contributed by atoms with E-state index in [4.69, 9.17) is 18.9 Å². The zero-order valence-electron chi connectivity index (χ0n) is 19.3. The number of para-hydroxylation sites is 1. The van der Waals surface area contributed by atoms with Crippen LogP contribution in [0.4, 0.5) is 4.79 Å². The fraction of sp³-hybridized carbons (Fsp3) is 0.652. The Morgan fingerprint density at radius 2 is 1.73 bits per heavy atom. The van der Waals surface area contributed by atoms with Crippen LogP contribution < -0.4 is 10.1 Å². The van der Waals surface area contributed by atoms with Gasteiger partial charge in [0.2, 0.25) is 0 Å². The van der Waals surface area contributed by atoms with Crippen LogP contribution in [-0.4, -0.2) is 49.6 Å². The molecular weight excluding hydrogens is 386 g/mol. The van der Waals surface area contributed by atoms with Crippen molar-refractivity contribution in [3.63, 3.8) is 0 Å². The Labute approximate surface area is 180 Å². The predicted octanol–water partition coefficient (Wildman–Crippen LogP) is 4.34. The molecule has 30 heavy (non-hydrogen) atoms. The monoisotopic (exact) mass is 423 g/mol. The van der Waals surface area contributed by atoms with Crippen LogP contribution in [-0.2, 0) is 19.0 Å². The molecule has 0 aliphatic carbocycles. The standard InChI is InChI=1S/C23H37NO6/c1-8-18(14-15-27-7)20(29-19-12-10-9-11-13-19)17(3)28-21(25)16(2)24-22(26)30-23(4,5)6/h9-13,16-18,20H,8,14-15H2,1-7H3,(H,24,26)/t16-,17+,18+,20+/m1/s1. The maximum atomic E-state index is 12.6. The van der Waals surface area contributed by atoms with E-state index in [1.54, 1.807) is 41.7 Å². The van der Waals surface area contributed by atoms with E-state index < -0.39 is 29.8 Å². The molecule has 4 atom stereocenters. The van der Waals surface area contributed by atoms with Crippen LogP contribution in [0.2, 0.25) is 0 Å². The number of rotatable bonds is 11. The number of benzene rings is 1. The Kier molecular flexibility index (Phi) is 10.7. The number of amides is 1. The van der Waals surface area contributed by atoms with Gasteiger partial charge in [-0.15, -0.1) is 0 Å². The summed E-state index contributed by atoms with van der Waals surface area (Å²) in [6.07, 6.45) is 0.0721. The van der Waals surface area contributed by atoms with E-state index >= 15 is 0 Å². The lowest BCUT2D eigenvalue weighted by Gasteiger charge is -2.32. The first kappa shape index (κ1) is 25.8. The van der Waals surface area contributed by atoms with Gasteiger partial charge in [-0.2, -0.15) is 0 Å². The normalized spacial score (nSPS) is 15.4. The van der Waals surface area contributed by atoms with E-state index in [9.17, 15) is 9.59 Å². The quantitative estimate of drug-likeness (QED) is 0.533. The van der Waals surface area contributed by atoms with E-state index in [0.717, 1.165) is 12.8 Å². The van der Waals surface area contributed by atoms with Crippen LogP contribution in [0.25, 0.3) is 0 Å². The zero-order chi connectivity index (χ0) is 22.7. The van der Waals surface area contributed by atoms with Crippen molar-refractivity contribution in [2.24, 2.45) is 5.92 Å². The molecule has 1 N–H and O–H groups in total. The van der Waals surface area contributed by atoms with E-state index in [-0.39, 0.29) is 12.0 Å². The summed E-state index contributed by atoms with van der Waals surface area (Å²) >= 11 is 0. The fourth-order valence-corrected chi connectivity index (χ4v) is 3.00. The molecule has 1 aromatic rings. The molecule has 0 aromatic heterocycles. The highest BCUT2D eigenvalue weighted by atomic mass is 16.6. The van der Waals surface area contributed by atoms with Crippen LogP contribution in [0.3, 0.4) is 0 Å². The van der Waals surface area contributed by atoms with Crippen LogP contribution in [0.5, 0.6) is 5.75 Å². The third kappa shape index (κ3) is 9.48. The van der Waals surface area contributed by atoms with Crippen molar-refractivity contribution in [1.29, 1.82) is 0 Å². The third-order valence-corrected chi connectivity index (χ3v) is 4.55. The summed E-state index contributed by atoms with van der Waals surface area (Å²) in [6.45, 7) is 11.3. The average molecular weight is 424 g/mol. The largest absolute Gasteiger partial charge is 0.486 e. The van der Waals surface area contributed by atoms with E-state index in [0.29, 0.717) is 12.4 Å². The molecule has 0 aliphatic rings. The van der Waals surface area contributed by atoms with E-state index in [1.165, 1.54) is 0 Å². The smallest absolute Gasteiger partial charge is 0.408 e. The Morgan fingerprint density at radius 3 is 2.27 bits per heavy atom. The highest BCUT2D eigenvalue weighted by molar-refractivity contribution is 5.81. The summed E-state index contributed by atoms with van der Waals surface area (Å²) in [5.74, 6) is 0.292. The molecule has 0 saturated heterocycles. The van der Waals surface area contributed by atoms with E-state index in [2.05, 4.69) is 12.2 Å². The van der Waals surface area contributed by atoms with Crippen molar-refractivity contribution in [3.8, 4) is 5.75 Å². The lowest BCUT2D eigenvalue weighted by molar-refractivity contribution is -0.156. The van der Waals surface area contributed by atoms with Crippen molar-refractivity contribution in [2.45, 2.75) is 78.2 Å². The van der Waals surface area contributed by atoms with Crippen LogP contribution in [0.15, 0.2) is 30.3 Å². The fourth-order valence-electron chi connectivity index (χ4n) is 3.00. The van der Waals surface area contributed by atoms with Gasteiger partial charge in [0, 0.05) is 19.6 Å². The number of esters is 1. The number of carbonyl (C=O) groups is 2. The molecule has 1 amide bonds. The molecule has 7 heteroatoms. The molecule has 7 nitrogen and oxygen atoms in total. The second-order valence-corrected chi connectivity index (χ2v) is 8.36. The summed E-state index contributed by atoms with van der Waals surface area (Å²) in [5, 5.41) is 2.51. The summed E-state index contributed by atoms with van der Waals surface area (Å²) < 4.78 is 22.3. The molecule has 0 unspecified atom stereocenters. The number of hydrogen-bond donors (Lipinski definition) is 1. The molecule has 0 aliphatic heterocycles. The molecule has 0 fully saturated rings. The maximum absolute atomic E-state index is 12.6. The number of ether oxygens (including phenoxy) is 4. The molecule has 0 bridgehead atoms. The first-order valence-corrected chi connectivity index (χ1v) is 10.5. The van der Waals surface area contributed by atoms with Crippen molar-refractivity contribution in [1.82, 2.24) is 5.32 Å². The highest BCUT2D eigenvalue weighted by Crippen LogP contribution is 2.24. The Hall–Kier alpha value is -2.28. The predicted molar refractivity (Wildman–Crippen MR) is 116 cm³/mol. The van der Waals surface area contributed by atoms with Crippen molar-refractivity contribution < 1.29 is 28.5 Å². The Bertz CT molecular complexity index is 643. The highest BCUT2D eigenvalue weighted by Gasteiger charge is 2.32. The molecule has 1 aromatic carbocycles. The minimum atomic E-state index is -0.848. The summed E-state index contributed by atoms with van der Waals surface area (Å²) in [4.78, 5) is 24.5. The molecule has 0 saturated carbocycles. The number of carbonyl (C=O) groups excluding carboxylic acids is 2. The molecule has 0 radical (unpaired) electrons. The number of nitrogens with one attached hydrogen (secondary N) is 1. The zero-order valence-corrected chi connectivity index (χ0v) is 19.3. The second kappa shape index (κ2) is 12.4. The molecular formula is C23H37NO6. The summed E-state index contributed by atoms with van der Waals surface area (Å²) in [7, 11) is 1.66. The van der Waals surface area contributed by atoms with Gasteiger partial charge in [0.15, 0.2) is 0 Å². The first-order valence-electron chi connectivity index (χ1n) is 10.5. The van der Waals surface area contributed by atoms with Crippen LogP contribution in [0.1, 0.15) is 54.4 Å². The van der Waals surface area contributed by atoms with Gasteiger partial charge in [-0.3, -0.25) is 0 Å². The van der Waals surface area contributed by atoms with Gasteiger partial charge in [-0.05, 0) is 59.6 Å². The van der Waals surface area contributed by atoms with Crippen molar-refractivity contribution >= 4 is 12.1 Å². The molecule has 1 rings (SSSR count). The lowest BCUT2D eigenvalue weighted by atomic mass is 9.92. The van der Waals surface area contributed by atoms with Gasteiger partial charge >= 0.3 is 12.1 Å². The van der Waals surface area contributed by atoms with Gasteiger partial charge in [0.1, 0.15) is 29.6 Å². The van der Waals surface area contributed by atoms with Gasteiger partial charge in [0.05, 0.1) is 0 Å². The van der Waals surface area contributed by atoms with Crippen molar-refractivity contribution in [2.75, 3.05) is 13.7 Å². The number of alkyl carbamates (subject to hydrolysis) is 1. The Morgan fingerprint density at radius 1 is 1.10 bits per heavy atom. The first-order chi connectivity index (χ1) is 14.1. The van der Waals surface area contributed by atoms with E-state index in [1.807, 2.05) is 30.3 Å². The number of hydrogen-bond acceptors (Lipinski definition) is 6. The summed E-state index contributed by atoms with van der Waals surface area (Å²) in [5.41, 5.74) is -0.648. The minimum absolute atomic E-state index is 0.127. The van der Waals surface area contributed by atoms with Crippen LogP contribution in [0, 0.1) is 5.92 Å². The van der Waals surface area contributed by atoms with Crippen LogP contribution >= 0.6 is 0 Å². The third-order valence-electron chi connectivity index (χ3n) is 4.55. The van der Waals surface area contributed by atoms with Gasteiger partial charge < -0.3 is 24.3 Å². The lowest BCUT2D eigenvalue weighted by Crippen LogP contribution is -2.46. The average Bonchev–Trinajstić information content (AvgIpc) is 2.66. The van der Waals surface area contributed by atoms with Gasteiger partial charge in [-0.1, -0.05) is 25.1 Å². The SMILES string of the molecule is CC[C@@H](CCOC)[C@@H](Oc1ccccc1)[C@H](C)OC(=O)[C@@H](C)NC(=O)OC(C)(C)C. The maximum Gasteiger partial charge on any atom is 0.408 e. The van der Waals surface area contributed by atoms with Gasteiger partial charge in [0.25, 0.3) is 0 Å². The van der Waals surface area contributed by atoms with Gasteiger partial charge in [-0.25, -0.2) is 9.59 Å². The Balaban J connectivity index is 2.82. The molecule has 0 heterocycles. The molecule has 0 spiro atoms. The number of methoxy groups -OCH3 is 1.